The first-order chi connectivity index (χ1) is 15.9. The minimum atomic E-state index is -2.55. The normalized spacial score (nSPS) is 11.6. The van der Waals surface area contributed by atoms with Gasteiger partial charge in [-0.3, -0.25) is 9.69 Å². The minimum absolute atomic E-state index is 0.134. The number of ether oxygens (including phenoxy) is 1. The van der Waals surface area contributed by atoms with E-state index in [0.717, 1.165) is 36.1 Å². The van der Waals surface area contributed by atoms with Gasteiger partial charge in [0.1, 0.15) is 11.5 Å². The molecule has 0 saturated carbocycles. The van der Waals surface area contributed by atoms with Crippen LogP contribution in [0.25, 0.3) is 11.3 Å². The minimum Gasteiger partial charge on any atom is -0.493 e. The van der Waals surface area contributed by atoms with Gasteiger partial charge in [-0.2, -0.15) is 0 Å². The Bertz CT molecular complexity index is 1010. The smallest absolute Gasteiger partial charge is 0.281 e. The van der Waals surface area contributed by atoms with Crippen LogP contribution < -0.4 is 4.74 Å². The summed E-state index contributed by atoms with van der Waals surface area (Å²) in [6, 6.07) is 16.7. The van der Waals surface area contributed by atoms with E-state index in [1.54, 1.807) is 74.7 Å². The second kappa shape index (κ2) is 11.2. The fraction of sp³-hybridized carbons (Fsp3) is 0.370. The molecule has 0 aliphatic heterocycles. The molecular weight excluding hydrogens is 418 g/mol. The van der Waals surface area contributed by atoms with Gasteiger partial charge >= 0.3 is 0 Å². The monoisotopic (exact) mass is 451 g/mol. The van der Waals surface area contributed by atoms with E-state index in [2.05, 4.69) is 6.92 Å². The van der Waals surface area contributed by atoms with Gasteiger partial charge in [-0.05, 0) is 56.7 Å². The van der Waals surface area contributed by atoms with E-state index in [1.807, 2.05) is 6.07 Å². The summed E-state index contributed by atoms with van der Waals surface area (Å²) in [5, 5.41) is 22.5. The molecule has 1 aromatic heterocycles. The molecule has 0 radical (unpaired) electrons. The van der Waals surface area contributed by atoms with Crippen molar-refractivity contribution in [3.8, 4) is 17.1 Å². The SMILES string of the molecule is CCCCCCOc1ccccc1C(O)(O)N(C(=O)c1ccc(-c2ccco2)cc1)C(C)C. The van der Waals surface area contributed by atoms with Crippen LogP contribution in [0.3, 0.4) is 0 Å². The summed E-state index contributed by atoms with van der Waals surface area (Å²) >= 11 is 0. The average molecular weight is 452 g/mol. The molecule has 3 rings (SSSR count). The van der Waals surface area contributed by atoms with Crippen molar-refractivity contribution in [2.24, 2.45) is 0 Å². The van der Waals surface area contributed by atoms with E-state index in [1.165, 1.54) is 0 Å². The summed E-state index contributed by atoms with van der Waals surface area (Å²) in [5.41, 5.74) is 1.30. The van der Waals surface area contributed by atoms with Crippen LogP contribution >= 0.6 is 0 Å². The zero-order valence-corrected chi connectivity index (χ0v) is 19.5. The predicted octanol–water partition coefficient (Wildman–Crippen LogP) is 5.55. The number of unbranched alkanes of at least 4 members (excludes halogenated alkanes) is 3. The Hall–Kier alpha value is -3.09. The molecule has 6 heteroatoms. The summed E-state index contributed by atoms with van der Waals surface area (Å²) in [6.07, 6.45) is 5.77. The highest BCUT2D eigenvalue weighted by molar-refractivity contribution is 5.95. The van der Waals surface area contributed by atoms with Crippen molar-refractivity contribution in [2.75, 3.05) is 6.61 Å². The first kappa shape index (κ1) is 24.6. The highest BCUT2D eigenvalue weighted by atomic mass is 16.5. The van der Waals surface area contributed by atoms with Crippen LogP contribution in [-0.2, 0) is 5.91 Å². The third-order valence-electron chi connectivity index (χ3n) is 5.51. The van der Waals surface area contributed by atoms with E-state index in [0.29, 0.717) is 23.7 Å². The number of hydrogen-bond donors (Lipinski definition) is 2. The zero-order chi connectivity index (χ0) is 23.8. The van der Waals surface area contributed by atoms with Crippen LogP contribution in [-0.4, -0.2) is 33.7 Å². The summed E-state index contributed by atoms with van der Waals surface area (Å²) in [7, 11) is 0. The molecule has 2 N–H and O–H groups in total. The lowest BCUT2D eigenvalue weighted by molar-refractivity contribution is -0.264. The van der Waals surface area contributed by atoms with Gasteiger partial charge in [0.15, 0.2) is 0 Å². The zero-order valence-electron chi connectivity index (χ0n) is 19.5. The lowest BCUT2D eigenvalue weighted by atomic mass is 10.0. The molecule has 0 atom stereocenters. The van der Waals surface area contributed by atoms with Crippen LogP contribution in [0.15, 0.2) is 71.3 Å². The first-order valence-electron chi connectivity index (χ1n) is 11.5. The Balaban J connectivity index is 1.84. The van der Waals surface area contributed by atoms with Crippen LogP contribution in [0.1, 0.15) is 62.4 Å². The number of para-hydroxylation sites is 1. The number of hydrogen-bond acceptors (Lipinski definition) is 5. The van der Waals surface area contributed by atoms with Crippen molar-refractivity contribution in [3.05, 3.63) is 78.1 Å². The molecular formula is C27H33NO5. The second-order valence-corrected chi connectivity index (χ2v) is 8.36. The van der Waals surface area contributed by atoms with Gasteiger partial charge in [0, 0.05) is 17.2 Å². The van der Waals surface area contributed by atoms with Gasteiger partial charge in [0.2, 0.25) is 0 Å². The third kappa shape index (κ3) is 5.83. The Morgan fingerprint density at radius 3 is 2.36 bits per heavy atom. The van der Waals surface area contributed by atoms with E-state index in [9.17, 15) is 15.0 Å². The van der Waals surface area contributed by atoms with Crippen molar-refractivity contribution in [1.82, 2.24) is 4.90 Å². The van der Waals surface area contributed by atoms with Gasteiger partial charge < -0.3 is 19.4 Å². The van der Waals surface area contributed by atoms with Gasteiger partial charge in [-0.25, -0.2) is 0 Å². The van der Waals surface area contributed by atoms with Gasteiger partial charge in [0.05, 0.1) is 18.4 Å². The van der Waals surface area contributed by atoms with Crippen LogP contribution in [0.4, 0.5) is 0 Å². The Labute approximate surface area is 195 Å². The van der Waals surface area contributed by atoms with Gasteiger partial charge in [-0.15, -0.1) is 0 Å². The lowest BCUT2D eigenvalue weighted by Gasteiger charge is -2.39. The van der Waals surface area contributed by atoms with Crippen molar-refractivity contribution in [3.63, 3.8) is 0 Å². The van der Waals surface area contributed by atoms with Crippen molar-refractivity contribution in [1.29, 1.82) is 0 Å². The molecule has 6 nitrogen and oxygen atoms in total. The molecule has 0 bridgehead atoms. The Morgan fingerprint density at radius 1 is 1.00 bits per heavy atom. The number of carbonyl (C=O) groups is 1. The number of carbonyl (C=O) groups excluding carboxylic acids is 1. The summed E-state index contributed by atoms with van der Waals surface area (Å²) in [6.45, 7) is 6.09. The lowest BCUT2D eigenvalue weighted by Crippen LogP contribution is -2.53. The molecule has 1 amide bonds. The average Bonchev–Trinajstić information content (AvgIpc) is 3.34. The van der Waals surface area contributed by atoms with E-state index in [-0.39, 0.29) is 5.56 Å². The molecule has 0 aliphatic rings. The summed E-state index contributed by atoms with van der Waals surface area (Å²) in [5.74, 6) is -2.01. The molecule has 3 aromatic rings. The highest BCUT2D eigenvalue weighted by Crippen LogP contribution is 2.34. The van der Waals surface area contributed by atoms with E-state index < -0.39 is 17.9 Å². The van der Waals surface area contributed by atoms with E-state index in [4.69, 9.17) is 9.15 Å². The molecule has 33 heavy (non-hydrogen) atoms. The predicted molar refractivity (Wildman–Crippen MR) is 128 cm³/mol. The molecule has 1 heterocycles. The largest absolute Gasteiger partial charge is 0.493 e. The number of rotatable bonds is 11. The summed E-state index contributed by atoms with van der Waals surface area (Å²) < 4.78 is 11.3. The van der Waals surface area contributed by atoms with E-state index >= 15 is 0 Å². The van der Waals surface area contributed by atoms with Crippen molar-refractivity contribution in [2.45, 2.75) is 58.4 Å². The number of aliphatic hydroxyl groups is 2. The number of nitrogens with zero attached hydrogens (tertiary/aromatic N) is 1. The first-order valence-corrected chi connectivity index (χ1v) is 11.5. The maximum atomic E-state index is 13.4. The molecule has 0 saturated heterocycles. The molecule has 2 aromatic carbocycles. The molecule has 0 aliphatic carbocycles. The maximum Gasteiger partial charge on any atom is 0.281 e. The quantitative estimate of drug-likeness (QED) is 0.295. The molecule has 176 valence electrons. The second-order valence-electron chi connectivity index (χ2n) is 8.36. The van der Waals surface area contributed by atoms with Gasteiger partial charge in [0.25, 0.3) is 11.8 Å². The van der Waals surface area contributed by atoms with Crippen LogP contribution in [0.5, 0.6) is 5.75 Å². The fourth-order valence-electron chi connectivity index (χ4n) is 3.81. The standard InChI is InChI=1S/C27H33NO5/c1-4-5-6-9-18-33-25-12-8-7-11-23(25)27(30,31)28(20(2)3)26(29)22-16-14-21(15-17-22)24-13-10-19-32-24/h7-8,10-17,19-20,30-31H,4-6,9,18H2,1-3H3. The summed E-state index contributed by atoms with van der Waals surface area (Å²) in [4.78, 5) is 14.5. The van der Waals surface area contributed by atoms with Gasteiger partial charge in [-0.1, -0.05) is 50.5 Å². The molecule has 0 spiro atoms. The Kier molecular flexibility index (Phi) is 8.31. The number of furan rings is 1. The van der Waals surface area contributed by atoms with Crippen molar-refractivity contribution >= 4 is 5.91 Å². The number of benzene rings is 2. The van der Waals surface area contributed by atoms with Crippen LogP contribution in [0, 0.1) is 0 Å². The highest BCUT2D eigenvalue weighted by Gasteiger charge is 2.42. The maximum absolute atomic E-state index is 13.4. The topological polar surface area (TPSA) is 83.1 Å². The molecule has 0 fully saturated rings. The van der Waals surface area contributed by atoms with Crippen molar-refractivity contribution < 1.29 is 24.2 Å². The van der Waals surface area contributed by atoms with Crippen LogP contribution in [0.2, 0.25) is 0 Å². The third-order valence-corrected chi connectivity index (χ3v) is 5.51. The fourth-order valence-corrected chi connectivity index (χ4v) is 3.81. The molecule has 0 unspecified atom stereocenters. The Morgan fingerprint density at radius 2 is 1.73 bits per heavy atom. The number of amides is 1.